The van der Waals surface area contributed by atoms with E-state index in [9.17, 15) is 9.59 Å². The Hall–Kier alpha value is -3.26. The Morgan fingerprint density at radius 3 is 2.42 bits per heavy atom. The molecule has 0 aromatic heterocycles. The molecule has 2 aliphatic rings. The van der Waals surface area contributed by atoms with E-state index in [4.69, 9.17) is 23.7 Å². The van der Waals surface area contributed by atoms with Crippen LogP contribution in [-0.4, -0.2) is 48.7 Å². The highest BCUT2D eigenvalue weighted by atomic mass is 16.8. The Balaban J connectivity index is 1.84. The number of carbonyl (C=O) groups is 2. The van der Waals surface area contributed by atoms with Gasteiger partial charge in [0.05, 0.1) is 6.61 Å². The van der Waals surface area contributed by atoms with E-state index in [2.05, 4.69) is 23.7 Å². The third-order valence-electron chi connectivity index (χ3n) is 4.50. The summed E-state index contributed by atoms with van der Waals surface area (Å²) in [6.07, 6.45) is -1.62. The minimum absolute atomic E-state index is 0.240. The number of hydrogen-bond donors (Lipinski definition) is 0. The van der Waals surface area contributed by atoms with Gasteiger partial charge in [-0.2, -0.15) is 0 Å². The minimum atomic E-state index is -0.949. The van der Waals surface area contributed by atoms with Crippen molar-refractivity contribution in [2.75, 3.05) is 6.61 Å². The van der Waals surface area contributed by atoms with E-state index in [1.807, 2.05) is 30.3 Å². The number of rotatable bonds is 3. The fourth-order valence-corrected chi connectivity index (χ4v) is 3.30. The summed E-state index contributed by atoms with van der Waals surface area (Å²) in [4.78, 5) is 23.4. The quantitative estimate of drug-likeness (QED) is 0.544. The van der Waals surface area contributed by atoms with Gasteiger partial charge in [-0.15, -0.1) is 0 Å². The van der Waals surface area contributed by atoms with Crippen LogP contribution in [-0.2, 0) is 33.3 Å². The van der Waals surface area contributed by atoms with Crippen molar-refractivity contribution >= 4 is 11.9 Å². The van der Waals surface area contributed by atoms with Gasteiger partial charge in [-0.3, -0.25) is 9.59 Å². The Morgan fingerprint density at radius 2 is 1.81 bits per heavy atom. The van der Waals surface area contributed by atoms with E-state index in [0.717, 1.165) is 5.56 Å². The first kappa shape index (κ1) is 22.4. The zero-order valence-corrected chi connectivity index (χ0v) is 17.8. The van der Waals surface area contributed by atoms with Crippen molar-refractivity contribution in [1.82, 2.24) is 0 Å². The Bertz CT molecular complexity index is 972. The molecule has 4 atom stereocenters. The van der Waals surface area contributed by atoms with Gasteiger partial charge in [-0.1, -0.05) is 30.0 Å². The van der Waals surface area contributed by atoms with E-state index < -0.39 is 42.1 Å². The smallest absolute Gasteiger partial charge is 0.303 e. The maximum Gasteiger partial charge on any atom is 0.303 e. The lowest BCUT2D eigenvalue weighted by atomic mass is 10.0. The second kappa shape index (κ2) is 9.70. The molecule has 1 aromatic carbocycles. The zero-order valence-electron chi connectivity index (χ0n) is 17.8. The van der Waals surface area contributed by atoms with Crippen LogP contribution in [0.25, 0.3) is 0 Å². The lowest BCUT2D eigenvalue weighted by molar-refractivity contribution is -0.173. The first-order valence-corrected chi connectivity index (χ1v) is 9.85. The van der Waals surface area contributed by atoms with Crippen molar-refractivity contribution in [2.45, 2.75) is 57.9 Å². The summed E-state index contributed by atoms with van der Waals surface area (Å²) >= 11 is 0. The van der Waals surface area contributed by atoms with Gasteiger partial charge in [0.25, 0.3) is 0 Å². The third-order valence-corrected chi connectivity index (χ3v) is 4.50. The van der Waals surface area contributed by atoms with E-state index in [0.29, 0.717) is 0 Å². The second-order valence-electron chi connectivity index (χ2n) is 7.49. The topological polar surface area (TPSA) is 80.3 Å². The first-order chi connectivity index (χ1) is 14.7. The largest absolute Gasteiger partial charge is 0.483 e. The van der Waals surface area contributed by atoms with Crippen LogP contribution in [0.15, 0.2) is 42.2 Å². The SMILES string of the molecule is CC(=O)O[C@H]1[C@@H]([C@H]2COC(C)(C)O2)O/C(=C\C#CC#Cc2ccccc2)[C@@H]1OC(C)=O. The highest BCUT2D eigenvalue weighted by molar-refractivity contribution is 5.68. The molecule has 7 heteroatoms. The Morgan fingerprint density at radius 1 is 1.10 bits per heavy atom. The monoisotopic (exact) mass is 424 g/mol. The molecule has 0 radical (unpaired) electrons. The fourth-order valence-electron chi connectivity index (χ4n) is 3.30. The molecule has 2 heterocycles. The van der Waals surface area contributed by atoms with Crippen LogP contribution in [0, 0.1) is 23.7 Å². The fraction of sp³-hybridized carbons (Fsp3) is 0.417. The number of allylic oxidation sites excluding steroid dienone is 1. The summed E-state index contributed by atoms with van der Waals surface area (Å²) in [6.45, 7) is 6.34. The molecule has 2 fully saturated rings. The molecular formula is C24H24O7. The Kier molecular flexibility index (Phi) is 7.02. The van der Waals surface area contributed by atoms with Crippen molar-refractivity contribution in [3.8, 4) is 23.7 Å². The molecule has 2 aliphatic heterocycles. The first-order valence-electron chi connectivity index (χ1n) is 9.85. The van der Waals surface area contributed by atoms with Crippen LogP contribution < -0.4 is 0 Å². The van der Waals surface area contributed by atoms with Crippen molar-refractivity contribution in [3.05, 3.63) is 47.7 Å². The van der Waals surface area contributed by atoms with Gasteiger partial charge in [-0.05, 0) is 37.8 Å². The maximum absolute atomic E-state index is 11.7. The number of carbonyl (C=O) groups excluding carboxylic acids is 2. The number of esters is 2. The van der Waals surface area contributed by atoms with Gasteiger partial charge in [-0.25, -0.2) is 0 Å². The molecule has 0 saturated carbocycles. The van der Waals surface area contributed by atoms with Crippen LogP contribution in [0.1, 0.15) is 33.3 Å². The van der Waals surface area contributed by atoms with Gasteiger partial charge in [0.2, 0.25) is 0 Å². The van der Waals surface area contributed by atoms with E-state index in [1.54, 1.807) is 13.8 Å². The lowest BCUT2D eigenvalue weighted by Gasteiger charge is -2.25. The molecular weight excluding hydrogens is 400 g/mol. The minimum Gasteiger partial charge on any atom is -0.483 e. The van der Waals surface area contributed by atoms with Gasteiger partial charge >= 0.3 is 11.9 Å². The van der Waals surface area contributed by atoms with Crippen molar-refractivity contribution in [1.29, 1.82) is 0 Å². The van der Waals surface area contributed by atoms with Crippen LogP contribution in [0.5, 0.6) is 0 Å². The summed E-state index contributed by atoms with van der Waals surface area (Å²) in [5.74, 6) is 9.56. The molecule has 0 N–H and O–H groups in total. The van der Waals surface area contributed by atoms with E-state index >= 15 is 0 Å². The molecule has 0 aliphatic carbocycles. The number of hydrogen-bond acceptors (Lipinski definition) is 7. The van der Waals surface area contributed by atoms with Crippen LogP contribution in [0.4, 0.5) is 0 Å². The molecule has 0 bridgehead atoms. The van der Waals surface area contributed by atoms with Crippen LogP contribution in [0.2, 0.25) is 0 Å². The van der Waals surface area contributed by atoms with E-state index in [1.165, 1.54) is 19.9 Å². The van der Waals surface area contributed by atoms with Crippen molar-refractivity contribution in [3.63, 3.8) is 0 Å². The average molecular weight is 424 g/mol. The van der Waals surface area contributed by atoms with Gasteiger partial charge in [0.1, 0.15) is 11.9 Å². The number of ether oxygens (including phenoxy) is 5. The molecule has 7 nitrogen and oxygen atoms in total. The summed E-state index contributed by atoms with van der Waals surface area (Å²) in [6, 6.07) is 9.44. The van der Waals surface area contributed by atoms with Crippen LogP contribution >= 0.6 is 0 Å². The number of benzene rings is 1. The molecule has 0 unspecified atom stereocenters. The van der Waals surface area contributed by atoms with Gasteiger partial charge in [0.15, 0.2) is 24.1 Å². The Labute approximate surface area is 181 Å². The third kappa shape index (κ3) is 6.11. The summed E-state index contributed by atoms with van der Waals surface area (Å²) in [5, 5.41) is 0. The van der Waals surface area contributed by atoms with Gasteiger partial charge < -0.3 is 23.7 Å². The van der Waals surface area contributed by atoms with Crippen LogP contribution in [0.3, 0.4) is 0 Å². The predicted octanol–water partition coefficient (Wildman–Crippen LogP) is 2.34. The molecule has 3 rings (SSSR count). The summed E-state index contributed by atoms with van der Waals surface area (Å²) in [7, 11) is 0. The molecule has 2 saturated heterocycles. The van der Waals surface area contributed by atoms with Crippen molar-refractivity contribution < 1.29 is 33.3 Å². The molecule has 31 heavy (non-hydrogen) atoms. The summed E-state index contributed by atoms with van der Waals surface area (Å²) in [5.41, 5.74) is 0.843. The molecule has 0 spiro atoms. The standard InChI is InChI=1S/C24H24O7/c1-16(25)28-21-19(14-10-6-9-13-18-11-7-5-8-12-18)30-22(23(21)29-17(2)26)20-15-27-24(3,4)31-20/h5,7-8,11-12,14,20-23H,15H2,1-4H3/b19-14-/t20-,21+,22-,23-/m1/s1. The van der Waals surface area contributed by atoms with Crippen molar-refractivity contribution in [2.24, 2.45) is 0 Å². The van der Waals surface area contributed by atoms with Gasteiger partial charge in [0, 0.05) is 25.5 Å². The zero-order chi connectivity index (χ0) is 22.4. The molecule has 1 aromatic rings. The maximum atomic E-state index is 11.7. The molecule has 0 amide bonds. The molecule has 162 valence electrons. The lowest BCUT2D eigenvalue weighted by Crippen LogP contribution is -2.44. The summed E-state index contributed by atoms with van der Waals surface area (Å²) < 4.78 is 28.3. The second-order valence-corrected chi connectivity index (χ2v) is 7.49. The predicted molar refractivity (Wildman–Crippen MR) is 110 cm³/mol. The normalized spacial score (nSPS) is 27.3. The highest BCUT2D eigenvalue weighted by Crippen LogP contribution is 2.36. The van der Waals surface area contributed by atoms with E-state index in [-0.39, 0.29) is 12.4 Å². The average Bonchev–Trinajstić information content (AvgIpc) is 3.22. The highest BCUT2D eigenvalue weighted by Gasteiger charge is 2.53.